The highest BCUT2D eigenvalue weighted by atomic mass is 79.9. The molecule has 0 saturated carbocycles. The molecule has 0 heterocycles. The molecule has 1 unspecified atom stereocenters. The third-order valence-electron chi connectivity index (χ3n) is 1.66. The molecule has 1 atom stereocenters. The van der Waals surface area contributed by atoms with Gasteiger partial charge in [0, 0.05) is 16.7 Å². The number of halogens is 1. The topological polar surface area (TPSA) is 35.8 Å². The lowest BCUT2D eigenvalue weighted by Crippen LogP contribution is -2.08. The van der Waals surface area contributed by atoms with E-state index < -0.39 is 0 Å². The highest BCUT2D eigenvalue weighted by Gasteiger charge is 1.98. The van der Waals surface area contributed by atoms with Gasteiger partial charge in [-0.05, 0) is 25.1 Å². The third kappa shape index (κ3) is 3.47. The fourth-order valence-electron chi connectivity index (χ4n) is 0.915. The van der Waals surface area contributed by atoms with Crippen LogP contribution in [0.5, 0.6) is 0 Å². The average molecular weight is 239 g/mol. The summed E-state index contributed by atoms with van der Waals surface area (Å²) >= 11 is 3.38. The zero-order chi connectivity index (χ0) is 9.68. The Morgan fingerprint density at radius 3 is 3.00 bits per heavy atom. The molecular formula is C10H11BrN2. The number of hydrogen-bond donors (Lipinski definition) is 1. The van der Waals surface area contributed by atoms with E-state index in [4.69, 9.17) is 5.26 Å². The summed E-state index contributed by atoms with van der Waals surface area (Å²) in [6.07, 6.45) is 0. The first-order chi connectivity index (χ1) is 6.22. The lowest BCUT2D eigenvalue weighted by Gasteiger charge is -2.07. The van der Waals surface area contributed by atoms with Gasteiger partial charge in [-0.15, -0.1) is 0 Å². The second-order valence-corrected chi connectivity index (χ2v) is 3.84. The molecule has 0 amide bonds. The van der Waals surface area contributed by atoms with Crippen LogP contribution in [-0.2, 0) is 0 Å². The van der Waals surface area contributed by atoms with Crippen LogP contribution in [0.4, 0.5) is 5.69 Å². The molecule has 68 valence electrons. The maximum absolute atomic E-state index is 8.57. The lowest BCUT2D eigenvalue weighted by molar-refractivity contribution is 0.786. The van der Waals surface area contributed by atoms with Crippen molar-refractivity contribution in [2.24, 2.45) is 5.92 Å². The molecule has 0 aliphatic rings. The molecule has 0 aliphatic heterocycles. The first kappa shape index (κ1) is 10.1. The van der Waals surface area contributed by atoms with Gasteiger partial charge in [0.2, 0.25) is 0 Å². The summed E-state index contributed by atoms with van der Waals surface area (Å²) in [5, 5.41) is 11.8. The van der Waals surface area contributed by atoms with Crippen molar-refractivity contribution in [3.8, 4) is 6.07 Å². The summed E-state index contributed by atoms with van der Waals surface area (Å²) < 4.78 is 1.04. The van der Waals surface area contributed by atoms with Crippen LogP contribution in [0, 0.1) is 17.2 Å². The molecule has 0 radical (unpaired) electrons. The van der Waals surface area contributed by atoms with Gasteiger partial charge in [0.15, 0.2) is 0 Å². The molecule has 1 aromatic carbocycles. The van der Waals surface area contributed by atoms with Crippen molar-refractivity contribution in [2.45, 2.75) is 6.92 Å². The fraction of sp³-hybridized carbons (Fsp3) is 0.300. The predicted octanol–water partition coefficient (Wildman–Crippen LogP) is 3.02. The minimum absolute atomic E-state index is 0.0407. The van der Waals surface area contributed by atoms with E-state index in [0.29, 0.717) is 6.54 Å². The molecule has 3 heteroatoms. The molecule has 1 rings (SSSR count). The molecule has 0 bridgehead atoms. The van der Waals surface area contributed by atoms with Crippen LogP contribution in [0.15, 0.2) is 28.7 Å². The highest BCUT2D eigenvalue weighted by Crippen LogP contribution is 2.15. The van der Waals surface area contributed by atoms with E-state index in [1.54, 1.807) is 0 Å². The smallest absolute Gasteiger partial charge is 0.0671 e. The number of nitrogens with one attached hydrogen (secondary N) is 1. The van der Waals surface area contributed by atoms with Crippen LogP contribution in [0.2, 0.25) is 0 Å². The molecule has 1 aromatic rings. The summed E-state index contributed by atoms with van der Waals surface area (Å²) in [5.41, 5.74) is 1.04. The Bertz CT molecular complexity index is 317. The van der Waals surface area contributed by atoms with E-state index in [0.717, 1.165) is 10.2 Å². The van der Waals surface area contributed by atoms with Gasteiger partial charge >= 0.3 is 0 Å². The molecule has 1 N–H and O–H groups in total. The summed E-state index contributed by atoms with van der Waals surface area (Å²) in [4.78, 5) is 0. The van der Waals surface area contributed by atoms with Gasteiger partial charge in [-0.3, -0.25) is 0 Å². The van der Waals surface area contributed by atoms with Crippen molar-refractivity contribution in [3.63, 3.8) is 0 Å². The number of hydrogen-bond acceptors (Lipinski definition) is 2. The third-order valence-corrected chi connectivity index (χ3v) is 2.15. The molecule has 0 aliphatic carbocycles. The molecule has 2 nitrogen and oxygen atoms in total. The molecular weight excluding hydrogens is 228 g/mol. The van der Waals surface area contributed by atoms with Gasteiger partial charge in [0.1, 0.15) is 0 Å². The SMILES string of the molecule is CC(C#N)CNc1cccc(Br)c1. The maximum Gasteiger partial charge on any atom is 0.0671 e. The number of nitriles is 1. The minimum Gasteiger partial charge on any atom is -0.384 e. The summed E-state index contributed by atoms with van der Waals surface area (Å²) in [6.45, 7) is 2.58. The number of benzene rings is 1. The van der Waals surface area contributed by atoms with Crippen molar-refractivity contribution in [1.29, 1.82) is 5.26 Å². The maximum atomic E-state index is 8.57. The lowest BCUT2D eigenvalue weighted by atomic mass is 10.2. The average Bonchev–Trinajstić information content (AvgIpc) is 2.14. The first-order valence-electron chi connectivity index (χ1n) is 4.11. The van der Waals surface area contributed by atoms with Crippen molar-refractivity contribution < 1.29 is 0 Å². The molecule has 0 aromatic heterocycles. The van der Waals surface area contributed by atoms with Crippen molar-refractivity contribution in [3.05, 3.63) is 28.7 Å². The van der Waals surface area contributed by atoms with Crippen LogP contribution < -0.4 is 5.32 Å². The van der Waals surface area contributed by atoms with E-state index in [9.17, 15) is 0 Å². The Hall–Kier alpha value is -1.01. The first-order valence-corrected chi connectivity index (χ1v) is 4.90. The van der Waals surface area contributed by atoms with Gasteiger partial charge in [0.05, 0.1) is 12.0 Å². The molecule has 0 saturated heterocycles. The quantitative estimate of drug-likeness (QED) is 0.879. The van der Waals surface area contributed by atoms with E-state index in [1.165, 1.54) is 0 Å². The number of anilines is 1. The standard InChI is InChI=1S/C10H11BrN2/c1-8(6-12)7-13-10-4-2-3-9(11)5-10/h2-5,8,13H,7H2,1H3. The zero-order valence-electron chi connectivity index (χ0n) is 7.42. The largest absolute Gasteiger partial charge is 0.384 e. The predicted molar refractivity (Wildman–Crippen MR) is 57.4 cm³/mol. The Morgan fingerprint density at radius 1 is 1.62 bits per heavy atom. The Balaban J connectivity index is 2.51. The zero-order valence-corrected chi connectivity index (χ0v) is 9.01. The number of nitrogens with zero attached hydrogens (tertiary/aromatic N) is 1. The second kappa shape index (κ2) is 4.88. The van der Waals surface area contributed by atoms with Gasteiger partial charge in [-0.2, -0.15) is 5.26 Å². The van der Waals surface area contributed by atoms with Crippen molar-refractivity contribution in [1.82, 2.24) is 0 Å². The van der Waals surface area contributed by atoms with Crippen LogP contribution in [0.3, 0.4) is 0 Å². The molecule has 13 heavy (non-hydrogen) atoms. The van der Waals surface area contributed by atoms with E-state index in [2.05, 4.69) is 27.3 Å². The minimum atomic E-state index is 0.0407. The van der Waals surface area contributed by atoms with Crippen LogP contribution >= 0.6 is 15.9 Å². The Kier molecular flexibility index (Phi) is 3.78. The summed E-state index contributed by atoms with van der Waals surface area (Å²) in [5.74, 6) is 0.0407. The van der Waals surface area contributed by atoms with Gasteiger partial charge in [-0.1, -0.05) is 22.0 Å². The summed E-state index contributed by atoms with van der Waals surface area (Å²) in [7, 11) is 0. The Labute approximate surface area is 86.7 Å². The van der Waals surface area contributed by atoms with Gasteiger partial charge < -0.3 is 5.32 Å². The van der Waals surface area contributed by atoms with Crippen LogP contribution in [-0.4, -0.2) is 6.54 Å². The second-order valence-electron chi connectivity index (χ2n) is 2.92. The van der Waals surface area contributed by atoms with Crippen molar-refractivity contribution in [2.75, 3.05) is 11.9 Å². The van der Waals surface area contributed by atoms with Crippen LogP contribution in [0.25, 0.3) is 0 Å². The monoisotopic (exact) mass is 238 g/mol. The van der Waals surface area contributed by atoms with Gasteiger partial charge in [0.25, 0.3) is 0 Å². The normalized spacial score (nSPS) is 11.8. The Morgan fingerprint density at radius 2 is 2.38 bits per heavy atom. The molecule has 0 spiro atoms. The highest BCUT2D eigenvalue weighted by molar-refractivity contribution is 9.10. The van der Waals surface area contributed by atoms with E-state index in [-0.39, 0.29) is 5.92 Å². The molecule has 0 fully saturated rings. The van der Waals surface area contributed by atoms with E-state index in [1.807, 2.05) is 31.2 Å². The fourth-order valence-corrected chi connectivity index (χ4v) is 1.31. The summed E-state index contributed by atoms with van der Waals surface area (Å²) in [6, 6.07) is 10.1. The van der Waals surface area contributed by atoms with E-state index >= 15 is 0 Å². The van der Waals surface area contributed by atoms with Crippen molar-refractivity contribution >= 4 is 21.6 Å². The van der Waals surface area contributed by atoms with Gasteiger partial charge in [-0.25, -0.2) is 0 Å². The van der Waals surface area contributed by atoms with Crippen LogP contribution in [0.1, 0.15) is 6.92 Å². The number of rotatable bonds is 3.